The number of nitrogens with zero attached hydrogens (tertiary/aromatic N) is 3. The minimum Gasteiger partial charge on any atom is -0.463 e. The summed E-state index contributed by atoms with van der Waals surface area (Å²) in [6.07, 6.45) is -2.99. The molecule has 182 valence electrons. The van der Waals surface area contributed by atoms with E-state index >= 15 is 0 Å². The Bertz CT molecular complexity index is 961. The summed E-state index contributed by atoms with van der Waals surface area (Å²) in [5.74, 6) is -2.27. The maximum absolute atomic E-state index is 12.8. The third-order valence-electron chi connectivity index (χ3n) is 4.69. The van der Waals surface area contributed by atoms with Crippen LogP contribution in [-0.4, -0.2) is 83.3 Å². The van der Waals surface area contributed by atoms with Crippen LogP contribution in [0.1, 0.15) is 33.9 Å². The van der Waals surface area contributed by atoms with Crippen molar-refractivity contribution < 1.29 is 38.1 Å². The van der Waals surface area contributed by atoms with E-state index in [1.165, 1.54) is 40.0 Å². The van der Waals surface area contributed by atoms with Gasteiger partial charge in [0.1, 0.15) is 18.5 Å². The second-order valence-corrected chi connectivity index (χ2v) is 7.65. The van der Waals surface area contributed by atoms with Crippen LogP contribution in [0, 0.1) is 0 Å². The number of rotatable bonds is 7. The van der Waals surface area contributed by atoms with Crippen molar-refractivity contribution in [3.63, 3.8) is 0 Å². The lowest BCUT2D eigenvalue weighted by Crippen LogP contribution is -2.64. The van der Waals surface area contributed by atoms with E-state index in [1.54, 1.807) is 19.0 Å². The lowest BCUT2D eigenvalue weighted by molar-refractivity contribution is -0.249. The molecule has 0 bridgehead atoms. The van der Waals surface area contributed by atoms with E-state index in [1.807, 2.05) is 0 Å². The summed E-state index contributed by atoms with van der Waals surface area (Å²) >= 11 is 0. The van der Waals surface area contributed by atoms with Crippen molar-refractivity contribution in [2.45, 2.75) is 58.3 Å². The molecular formula is C20H28N4O9. The van der Waals surface area contributed by atoms with Gasteiger partial charge in [-0.05, 0) is 20.2 Å². The molecule has 1 aliphatic heterocycles. The molecule has 1 aliphatic rings. The molecule has 2 heterocycles. The van der Waals surface area contributed by atoms with Gasteiger partial charge in [-0.25, -0.2) is 4.79 Å². The van der Waals surface area contributed by atoms with Crippen LogP contribution in [-0.2, 0) is 38.1 Å². The average Bonchev–Trinajstić information content (AvgIpc) is 2.66. The van der Waals surface area contributed by atoms with Crippen LogP contribution in [0.25, 0.3) is 0 Å². The van der Waals surface area contributed by atoms with Gasteiger partial charge < -0.3 is 24.3 Å². The topological polar surface area (TPSA) is 155 Å². The van der Waals surface area contributed by atoms with E-state index in [2.05, 4.69) is 10.3 Å². The minimum absolute atomic E-state index is 0.0479. The van der Waals surface area contributed by atoms with Gasteiger partial charge in [0, 0.05) is 33.9 Å². The third kappa shape index (κ3) is 6.83. The number of hydrogen-bond acceptors (Lipinski definition) is 11. The first-order valence-corrected chi connectivity index (χ1v) is 10.1. The number of esters is 3. The molecule has 1 aromatic rings. The molecule has 1 N–H and O–H groups in total. The molecule has 0 aromatic carbocycles. The SMILES string of the molecule is CC(=O)Nc1ccn(C2OC(COC(C)=O)C(OC(C)=O)C(OC(C)=O)C2N(C)C)c(=O)n1. The lowest BCUT2D eigenvalue weighted by Gasteiger charge is -2.47. The van der Waals surface area contributed by atoms with Gasteiger partial charge in [0.05, 0.1) is 6.04 Å². The van der Waals surface area contributed by atoms with Crippen molar-refractivity contribution in [2.75, 3.05) is 26.0 Å². The van der Waals surface area contributed by atoms with E-state index in [0.717, 1.165) is 4.57 Å². The quantitative estimate of drug-likeness (QED) is 0.405. The van der Waals surface area contributed by atoms with Crippen molar-refractivity contribution in [3.05, 3.63) is 22.7 Å². The minimum atomic E-state index is -1.13. The number of ether oxygens (including phenoxy) is 4. The van der Waals surface area contributed by atoms with Crippen molar-refractivity contribution in [1.82, 2.24) is 14.5 Å². The van der Waals surface area contributed by atoms with Gasteiger partial charge >= 0.3 is 23.6 Å². The summed E-state index contributed by atoms with van der Waals surface area (Å²) in [4.78, 5) is 64.6. The molecule has 2 rings (SSSR count). The van der Waals surface area contributed by atoms with E-state index in [0.29, 0.717) is 0 Å². The van der Waals surface area contributed by atoms with E-state index in [9.17, 15) is 24.0 Å². The van der Waals surface area contributed by atoms with Crippen LogP contribution in [0.15, 0.2) is 17.1 Å². The first-order valence-electron chi connectivity index (χ1n) is 10.1. The molecular weight excluding hydrogens is 440 g/mol. The number of carbonyl (C=O) groups is 4. The highest BCUT2D eigenvalue weighted by atomic mass is 16.6. The number of anilines is 1. The van der Waals surface area contributed by atoms with Gasteiger partial charge in [0.15, 0.2) is 18.4 Å². The number of nitrogens with one attached hydrogen (secondary N) is 1. The second-order valence-electron chi connectivity index (χ2n) is 7.65. The summed E-state index contributed by atoms with van der Waals surface area (Å²) in [6, 6.07) is 0.594. The third-order valence-corrected chi connectivity index (χ3v) is 4.69. The standard InChI is InChI=1S/C20H28N4O9/c1-10(25)21-15-7-8-24(20(29)22-15)19-16(23(5)6)18(32-13(4)28)17(31-12(3)27)14(33-19)9-30-11(2)26/h7-8,14,16-19H,9H2,1-6H3,(H,21,22,25,29). The van der Waals surface area contributed by atoms with Crippen molar-refractivity contribution in [2.24, 2.45) is 0 Å². The second kappa shape index (κ2) is 11.0. The molecule has 0 saturated carbocycles. The zero-order chi connectivity index (χ0) is 24.9. The van der Waals surface area contributed by atoms with Gasteiger partial charge in [0.25, 0.3) is 0 Å². The number of aromatic nitrogens is 2. The molecule has 1 fully saturated rings. The monoisotopic (exact) mass is 468 g/mol. The van der Waals surface area contributed by atoms with Crippen LogP contribution in [0.4, 0.5) is 5.82 Å². The van der Waals surface area contributed by atoms with Gasteiger partial charge in [0.2, 0.25) is 5.91 Å². The molecule has 0 radical (unpaired) electrons. The molecule has 5 unspecified atom stereocenters. The fourth-order valence-electron chi connectivity index (χ4n) is 3.54. The highest BCUT2D eigenvalue weighted by Crippen LogP contribution is 2.34. The summed E-state index contributed by atoms with van der Waals surface area (Å²) in [7, 11) is 3.33. The van der Waals surface area contributed by atoms with E-state index in [-0.39, 0.29) is 12.4 Å². The summed E-state index contributed by atoms with van der Waals surface area (Å²) < 4.78 is 23.2. The van der Waals surface area contributed by atoms with Crippen molar-refractivity contribution in [1.29, 1.82) is 0 Å². The Balaban J connectivity index is 2.57. The van der Waals surface area contributed by atoms with Gasteiger partial charge in [-0.3, -0.25) is 28.6 Å². The summed E-state index contributed by atoms with van der Waals surface area (Å²) in [5.41, 5.74) is -0.753. The first-order chi connectivity index (χ1) is 15.4. The average molecular weight is 468 g/mol. The highest BCUT2D eigenvalue weighted by molar-refractivity contribution is 5.87. The number of hydrogen-bond donors (Lipinski definition) is 1. The predicted molar refractivity (Wildman–Crippen MR) is 112 cm³/mol. The first kappa shape index (κ1) is 25.9. The molecule has 13 nitrogen and oxygen atoms in total. The molecule has 5 atom stereocenters. The summed E-state index contributed by atoms with van der Waals surface area (Å²) in [5, 5.41) is 2.42. The Kier molecular flexibility index (Phi) is 8.65. The van der Waals surface area contributed by atoms with Gasteiger partial charge in [-0.15, -0.1) is 0 Å². The Morgan fingerprint density at radius 2 is 1.67 bits per heavy atom. The van der Waals surface area contributed by atoms with E-state index < -0.39 is 60.1 Å². The number of carbonyl (C=O) groups excluding carboxylic acids is 4. The molecule has 1 aromatic heterocycles. The number of likely N-dealkylation sites (N-methyl/N-ethyl adjacent to an activating group) is 1. The highest BCUT2D eigenvalue weighted by Gasteiger charge is 2.52. The molecule has 33 heavy (non-hydrogen) atoms. The lowest BCUT2D eigenvalue weighted by atomic mass is 9.94. The van der Waals surface area contributed by atoms with Gasteiger partial charge in [-0.2, -0.15) is 4.98 Å². The van der Waals surface area contributed by atoms with Crippen molar-refractivity contribution >= 4 is 29.6 Å². The fraction of sp³-hybridized carbons (Fsp3) is 0.600. The Morgan fingerprint density at radius 1 is 1.06 bits per heavy atom. The summed E-state index contributed by atoms with van der Waals surface area (Å²) in [6.45, 7) is 4.52. The zero-order valence-corrected chi connectivity index (χ0v) is 19.3. The van der Waals surface area contributed by atoms with Crippen LogP contribution >= 0.6 is 0 Å². The smallest absolute Gasteiger partial charge is 0.351 e. The largest absolute Gasteiger partial charge is 0.463 e. The molecule has 0 aliphatic carbocycles. The van der Waals surface area contributed by atoms with Crippen LogP contribution in [0.5, 0.6) is 0 Å². The van der Waals surface area contributed by atoms with Crippen LogP contribution in [0.3, 0.4) is 0 Å². The van der Waals surface area contributed by atoms with Crippen molar-refractivity contribution in [3.8, 4) is 0 Å². The van der Waals surface area contributed by atoms with Crippen LogP contribution in [0.2, 0.25) is 0 Å². The maximum Gasteiger partial charge on any atom is 0.351 e. The predicted octanol–water partition coefficient (Wildman–Crippen LogP) is -0.544. The Morgan fingerprint density at radius 3 is 2.15 bits per heavy atom. The molecule has 1 amide bonds. The maximum atomic E-state index is 12.8. The van der Waals surface area contributed by atoms with E-state index in [4.69, 9.17) is 18.9 Å². The fourth-order valence-corrected chi connectivity index (χ4v) is 3.54. The zero-order valence-electron chi connectivity index (χ0n) is 19.3. The number of amides is 1. The molecule has 0 spiro atoms. The molecule has 13 heteroatoms. The Hall–Kier alpha value is -3.32. The normalized spacial score (nSPS) is 24.6. The molecule has 1 saturated heterocycles. The van der Waals surface area contributed by atoms with Gasteiger partial charge in [-0.1, -0.05) is 0 Å². The van der Waals surface area contributed by atoms with Crippen LogP contribution < -0.4 is 11.0 Å². The Labute approximate surface area is 189 Å².